The Bertz CT molecular complexity index is 1120. The molecule has 1 aromatic carbocycles. The van der Waals surface area contributed by atoms with Crippen LogP contribution >= 0.6 is 11.3 Å². The predicted octanol–water partition coefficient (Wildman–Crippen LogP) is 3.13. The molecule has 2 amide bonds. The largest absolute Gasteiger partial charge is 0.445 e. The molecular formula is C27H35N5O3S. The van der Waals surface area contributed by atoms with E-state index in [4.69, 9.17) is 16.2 Å². The van der Waals surface area contributed by atoms with Crippen molar-refractivity contribution < 1.29 is 14.3 Å². The Morgan fingerprint density at radius 2 is 2.00 bits per heavy atom. The number of carbonyl (C=O) groups is 2. The second kappa shape index (κ2) is 11.4. The average molecular weight is 510 g/mol. The van der Waals surface area contributed by atoms with Crippen LogP contribution in [-0.2, 0) is 21.7 Å². The van der Waals surface area contributed by atoms with Crippen LogP contribution in [0.15, 0.2) is 52.8 Å². The molecule has 0 radical (unpaired) electrons. The summed E-state index contributed by atoms with van der Waals surface area (Å²) in [5.41, 5.74) is 15.0. The number of hydrogen-bond acceptors (Lipinski definition) is 7. The number of allylic oxidation sites excluding steroid dienone is 1. The van der Waals surface area contributed by atoms with Crippen LogP contribution in [-0.4, -0.2) is 55.8 Å². The number of dihydropyridines is 1. The maximum atomic E-state index is 13.1. The van der Waals surface area contributed by atoms with Crippen molar-refractivity contribution in [1.29, 1.82) is 0 Å². The van der Waals surface area contributed by atoms with Crippen LogP contribution in [0, 0.1) is 11.8 Å². The standard InChI is InChI=1S/C27H35N5O3S/c1-27(29,23-13-21(17-36-23)20-12-22(28)15-31-14-20)24(25(33)30-2)19-8-10-32(11-9-19)26(34)35-16-18-6-4-3-5-7-18/h3-7,12-14,17,19,22,24H,8-11,15-16,28-29H2,1-2H3,(H,30,33)/t22?,24-,27+/m0/s1. The molecule has 2 aliphatic rings. The summed E-state index contributed by atoms with van der Waals surface area (Å²) < 4.78 is 5.50. The molecule has 36 heavy (non-hydrogen) atoms. The van der Waals surface area contributed by atoms with Gasteiger partial charge in [0.25, 0.3) is 0 Å². The summed E-state index contributed by atoms with van der Waals surface area (Å²) in [4.78, 5) is 32.7. The zero-order chi connectivity index (χ0) is 25.7. The lowest BCUT2D eigenvalue weighted by Crippen LogP contribution is -2.53. The van der Waals surface area contributed by atoms with E-state index in [1.165, 1.54) is 0 Å². The normalized spacial score (nSPS) is 20.8. The molecule has 1 fully saturated rings. The van der Waals surface area contributed by atoms with Gasteiger partial charge in [-0.15, -0.1) is 11.3 Å². The van der Waals surface area contributed by atoms with Crippen molar-refractivity contribution in [2.75, 3.05) is 26.7 Å². The van der Waals surface area contributed by atoms with Crippen molar-refractivity contribution in [3.63, 3.8) is 0 Å². The van der Waals surface area contributed by atoms with Gasteiger partial charge in [0.2, 0.25) is 5.91 Å². The Morgan fingerprint density at radius 1 is 1.28 bits per heavy atom. The first kappa shape index (κ1) is 26.1. The molecule has 0 aliphatic carbocycles. The number of thiophene rings is 1. The van der Waals surface area contributed by atoms with E-state index in [0.29, 0.717) is 32.5 Å². The number of benzene rings is 1. The van der Waals surface area contributed by atoms with Gasteiger partial charge in [0.05, 0.1) is 18.0 Å². The number of hydrogen-bond donors (Lipinski definition) is 3. The number of ether oxygens (including phenoxy) is 1. The summed E-state index contributed by atoms with van der Waals surface area (Å²) >= 11 is 1.55. The Labute approximate surface area is 216 Å². The third kappa shape index (κ3) is 5.86. The lowest BCUT2D eigenvalue weighted by Gasteiger charge is -2.41. The molecule has 1 saturated heterocycles. The first-order chi connectivity index (χ1) is 17.3. The van der Waals surface area contributed by atoms with Gasteiger partial charge in [0.15, 0.2) is 0 Å². The Morgan fingerprint density at radius 3 is 2.67 bits per heavy atom. The Kier molecular flexibility index (Phi) is 8.23. The quantitative estimate of drug-likeness (QED) is 0.529. The van der Waals surface area contributed by atoms with Gasteiger partial charge in [-0.05, 0) is 53.8 Å². The number of nitrogens with one attached hydrogen (secondary N) is 1. The van der Waals surface area contributed by atoms with E-state index in [2.05, 4.69) is 10.3 Å². The van der Waals surface area contributed by atoms with Crippen LogP contribution < -0.4 is 16.8 Å². The van der Waals surface area contributed by atoms with Gasteiger partial charge in [0.1, 0.15) is 6.61 Å². The minimum Gasteiger partial charge on any atom is -0.445 e. The van der Waals surface area contributed by atoms with E-state index in [-0.39, 0.29) is 30.6 Å². The summed E-state index contributed by atoms with van der Waals surface area (Å²) in [7, 11) is 1.64. The first-order valence-electron chi connectivity index (χ1n) is 12.3. The topological polar surface area (TPSA) is 123 Å². The number of carbonyl (C=O) groups excluding carboxylic acids is 2. The number of aliphatic imine (C=N–C) groups is 1. The van der Waals surface area contributed by atoms with Crippen LogP contribution in [0.25, 0.3) is 5.57 Å². The van der Waals surface area contributed by atoms with Gasteiger partial charge in [-0.3, -0.25) is 9.79 Å². The molecule has 0 spiro atoms. The third-order valence-electron chi connectivity index (χ3n) is 7.05. The van der Waals surface area contributed by atoms with Crippen molar-refractivity contribution in [3.8, 4) is 0 Å². The van der Waals surface area contributed by atoms with E-state index in [1.807, 2.05) is 61.0 Å². The van der Waals surface area contributed by atoms with Crippen molar-refractivity contribution in [3.05, 3.63) is 63.9 Å². The van der Waals surface area contributed by atoms with E-state index >= 15 is 0 Å². The highest BCUT2D eigenvalue weighted by Gasteiger charge is 2.44. The molecule has 1 aromatic heterocycles. The fraction of sp³-hybridized carbons (Fsp3) is 0.444. The highest BCUT2D eigenvalue weighted by Crippen LogP contribution is 2.40. The van der Waals surface area contributed by atoms with E-state index in [0.717, 1.165) is 21.6 Å². The maximum Gasteiger partial charge on any atom is 0.410 e. The third-order valence-corrected chi connectivity index (χ3v) is 8.24. The molecule has 3 atom stereocenters. The summed E-state index contributed by atoms with van der Waals surface area (Å²) in [5.74, 6) is -0.485. The molecular weight excluding hydrogens is 474 g/mol. The molecule has 0 bridgehead atoms. The smallest absolute Gasteiger partial charge is 0.410 e. The van der Waals surface area contributed by atoms with Gasteiger partial charge < -0.3 is 26.4 Å². The van der Waals surface area contributed by atoms with Crippen molar-refractivity contribution >= 4 is 35.1 Å². The second-order valence-electron chi connectivity index (χ2n) is 9.72. The SMILES string of the molecule is CNC(=O)[C@H](C1CCN(C(=O)OCc2ccccc2)CC1)[C@](C)(N)c1cc(C2=CC(N)CN=C2)cs1. The summed E-state index contributed by atoms with van der Waals surface area (Å²) in [5, 5.41) is 4.86. The summed E-state index contributed by atoms with van der Waals surface area (Å²) in [6.45, 7) is 3.82. The molecule has 3 heterocycles. The Balaban J connectivity index is 1.43. The maximum absolute atomic E-state index is 13.1. The lowest BCUT2D eigenvalue weighted by molar-refractivity contribution is -0.129. The van der Waals surface area contributed by atoms with E-state index < -0.39 is 11.5 Å². The van der Waals surface area contributed by atoms with E-state index in [9.17, 15) is 9.59 Å². The van der Waals surface area contributed by atoms with Gasteiger partial charge in [-0.25, -0.2) is 4.79 Å². The fourth-order valence-corrected chi connectivity index (χ4v) is 6.08. The predicted molar refractivity (Wildman–Crippen MR) is 144 cm³/mol. The summed E-state index contributed by atoms with van der Waals surface area (Å²) in [6.07, 6.45) is 4.88. The average Bonchev–Trinajstić information content (AvgIpc) is 3.40. The zero-order valence-electron chi connectivity index (χ0n) is 20.9. The first-order valence-corrected chi connectivity index (χ1v) is 13.2. The van der Waals surface area contributed by atoms with Crippen molar-refractivity contribution in [1.82, 2.24) is 10.2 Å². The highest BCUT2D eigenvalue weighted by atomic mass is 32.1. The minimum atomic E-state index is -0.877. The van der Waals surface area contributed by atoms with Crippen LogP contribution in [0.4, 0.5) is 4.79 Å². The summed E-state index contributed by atoms with van der Waals surface area (Å²) in [6, 6.07) is 11.6. The number of nitrogens with zero attached hydrogens (tertiary/aromatic N) is 2. The van der Waals surface area contributed by atoms with Gasteiger partial charge in [0, 0.05) is 37.3 Å². The van der Waals surface area contributed by atoms with Crippen LogP contribution in [0.2, 0.25) is 0 Å². The van der Waals surface area contributed by atoms with Crippen LogP contribution in [0.3, 0.4) is 0 Å². The lowest BCUT2D eigenvalue weighted by atomic mass is 9.72. The molecule has 2 aliphatic heterocycles. The highest BCUT2D eigenvalue weighted by molar-refractivity contribution is 7.10. The minimum absolute atomic E-state index is 0.0348. The molecule has 8 nitrogen and oxygen atoms in total. The van der Waals surface area contributed by atoms with Crippen molar-refractivity contribution in [2.45, 2.75) is 38.0 Å². The number of likely N-dealkylation sites (tertiary alicyclic amines) is 1. The van der Waals surface area contributed by atoms with Crippen LogP contribution in [0.1, 0.15) is 35.8 Å². The van der Waals surface area contributed by atoms with Crippen molar-refractivity contribution in [2.24, 2.45) is 28.3 Å². The number of amides is 2. The molecule has 9 heteroatoms. The molecule has 5 N–H and O–H groups in total. The number of nitrogens with two attached hydrogens (primary N) is 2. The molecule has 192 valence electrons. The fourth-order valence-electron chi connectivity index (χ4n) is 5.05. The second-order valence-corrected chi connectivity index (χ2v) is 10.6. The Hall–Kier alpha value is -3.01. The zero-order valence-corrected chi connectivity index (χ0v) is 21.7. The monoisotopic (exact) mass is 509 g/mol. The number of piperidine rings is 1. The molecule has 4 rings (SSSR count). The molecule has 2 aromatic rings. The van der Waals surface area contributed by atoms with Gasteiger partial charge >= 0.3 is 6.09 Å². The van der Waals surface area contributed by atoms with Crippen LogP contribution in [0.5, 0.6) is 0 Å². The molecule has 0 saturated carbocycles. The van der Waals surface area contributed by atoms with E-state index in [1.54, 1.807) is 23.3 Å². The number of rotatable bonds is 7. The van der Waals surface area contributed by atoms with Gasteiger partial charge in [-0.1, -0.05) is 36.4 Å². The van der Waals surface area contributed by atoms with Gasteiger partial charge in [-0.2, -0.15) is 0 Å². The molecule has 1 unspecified atom stereocenters.